The fraction of sp³-hybridized carbons (Fsp3) is 0.150. The molecule has 0 aliphatic heterocycles. The predicted molar refractivity (Wildman–Crippen MR) is 90.3 cm³/mol. The first-order valence-electron chi connectivity index (χ1n) is 7.72. The summed E-state index contributed by atoms with van der Waals surface area (Å²) in [7, 11) is 2.15. The molecule has 1 aromatic heterocycles. The molecule has 0 spiro atoms. The average molecular weight is 287 g/mol. The van der Waals surface area contributed by atoms with Gasteiger partial charge in [-0.2, -0.15) is 0 Å². The Morgan fingerprint density at radius 2 is 1.59 bits per heavy atom. The van der Waals surface area contributed by atoms with E-state index in [-0.39, 0.29) is 0 Å². The second-order valence-corrected chi connectivity index (χ2v) is 5.78. The van der Waals surface area contributed by atoms with Crippen LogP contribution in [0.1, 0.15) is 0 Å². The maximum Gasteiger partial charge on any atom is 0.289 e. The molecule has 3 aromatic rings. The molecule has 0 bridgehead atoms. The van der Waals surface area contributed by atoms with Crippen LogP contribution in [0.5, 0.6) is 0 Å². The maximum atomic E-state index is 2.44. The quantitative estimate of drug-likeness (QED) is 0.647. The van der Waals surface area contributed by atoms with Crippen LogP contribution in [0.2, 0.25) is 0 Å². The molecule has 0 amide bonds. The minimum atomic E-state index is 0.471. The zero-order chi connectivity index (χ0) is 14.9. The number of fused-ring (bicyclic) bond motifs is 1. The number of rotatable bonds is 3. The summed E-state index contributed by atoms with van der Waals surface area (Å²) < 4.78 is 4.74. The van der Waals surface area contributed by atoms with E-state index >= 15 is 0 Å². The fourth-order valence-corrected chi connectivity index (χ4v) is 3.32. The number of hydrogen-bond donors (Lipinski definition) is 0. The van der Waals surface area contributed by atoms with Crippen molar-refractivity contribution in [1.82, 2.24) is 4.57 Å². The van der Waals surface area contributed by atoms with Gasteiger partial charge in [-0.3, -0.25) is 0 Å². The Morgan fingerprint density at radius 1 is 0.909 bits per heavy atom. The molecule has 0 N–H and O–H groups in total. The molecule has 1 aliphatic rings. The van der Waals surface area contributed by atoms with Crippen LogP contribution < -0.4 is 4.57 Å². The minimum absolute atomic E-state index is 0.471. The van der Waals surface area contributed by atoms with Crippen LogP contribution in [-0.4, -0.2) is 4.57 Å². The first-order chi connectivity index (χ1) is 10.8. The first kappa shape index (κ1) is 13.1. The number of allylic oxidation sites excluding steroid dienone is 4. The van der Waals surface area contributed by atoms with Crippen LogP contribution in [0.4, 0.5) is 0 Å². The van der Waals surface area contributed by atoms with Crippen molar-refractivity contribution < 1.29 is 4.57 Å². The molecule has 2 aromatic carbocycles. The molecule has 108 valence electrons. The van der Waals surface area contributed by atoms with E-state index in [1.54, 1.807) is 0 Å². The third-order valence-corrected chi connectivity index (χ3v) is 4.36. The van der Waals surface area contributed by atoms with Gasteiger partial charge in [0.1, 0.15) is 6.54 Å². The highest BCUT2D eigenvalue weighted by Crippen LogP contribution is 2.25. The normalized spacial score (nSPS) is 14.2. The molecule has 2 nitrogen and oxygen atoms in total. The van der Waals surface area contributed by atoms with Gasteiger partial charge in [-0.05, 0) is 24.3 Å². The van der Waals surface area contributed by atoms with Gasteiger partial charge in [0.05, 0.1) is 12.6 Å². The van der Waals surface area contributed by atoms with Gasteiger partial charge in [0.25, 0.3) is 5.82 Å². The van der Waals surface area contributed by atoms with Crippen molar-refractivity contribution in [3.8, 4) is 11.4 Å². The molecule has 0 saturated heterocycles. The number of hydrogen-bond acceptors (Lipinski definition) is 0. The monoisotopic (exact) mass is 287 g/mol. The van der Waals surface area contributed by atoms with E-state index in [0.29, 0.717) is 5.92 Å². The molecular weight excluding hydrogens is 268 g/mol. The second kappa shape index (κ2) is 5.30. The molecule has 0 fully saturated rings. The van der Waals surface area contributed by atoms with E-state index in [4.69, 9.17) is 0 Å². The van der Waals surface area contributed by atoms with E-state index in [0.717, 1.165) is 6.54 Å². The maximum absolute atomic E-state index is 2.44. The smallest absolute Gasteiger partial charge is 0.226 e. The van der Waals surface area contributed by atoms with E-state index < -0.39 is 0 Å². The lowest BCUT2D eigenvalue weighted by atomic mass is 10.1. The zero-order valence-electron chi connectivity index (χ0n) is 12.7. The second-order valence-electron chi connectivity index (χ2n) is 5.78. The van der Waals surface area contributed by atoms with Crippen LogP contribution in [0.25, 0.3) is 22.4 Å². The highest BCUT2D eigenvalue weighted by molar-refractivity contribution is 5.76. The van der Waals surface area contributed by atoms with Crippen molar-refractivity contribution in [2.45, 2.75) is 6.54 Å². The lowest BCUT2D eigenvalue weighted by Crippen LogP contribution is -2.30. The molecule has 4 rings (SSSR count). The molecular formula is C20H19N2+. The zero-order valence-corrected chi connectivity index (χ0v) is 12.7. The number of aromatic nitrogens is 2. The largest absolute Gasteiger partial charge is 0.289 e. The summed E-state index contributed by atoms with van der Waals surface area (Å²) in [4.78, 5) is 0. The number of aryl methyl sites for hydroxylation is 1. The van der Waals surface area contributed by atoms with E-state index in [9.17, 15) is 0 Å². The van der Waals surface area contributed by atoms with Crippen molar-refractivity contribution in [3.63, 3.8) is 0 Å². The highest BCUT2D eigenvalue weighted by atomic mass is 15.2. The third kappa shape index (κ3) is 2.08. The van der Waals surface area contributed by atoms with Gasteiger partial charge in [0.2, 0.25) is 0 Å². The van der Waals surface area contributed by atoms with Gasteiger partial charge < -0.3 is 0 Å². The number of para-hydroxylation sites is 2. The van der Waals surface area contributed by atoms with Crippen molar-refractivity contribution >= 4 is 11.0 Å². The Morgan fingerprint density at radius 3 is 2.36 bits per heavy atom. The van der Waals surface area contributed by atoms with Crippen LogP contribution in [0.15, 0.2) is 78.9 Å². The number of nitrogens with zero attached hydrogens (tertiary/aromatic N) is 2. The van der Waals surface area contributed by atoms with Crippen molar-refractivity contribution in [2.75, 3.05) is 0 Å². The molecule has 0 radical (unpaired) electrons. The summed E-state index contributed by atoms with van der Waals surface area (Å²) in [6.07, 6.45) is 8.81. The number of imidazole rings is 1. The van der Waals surface area contributed by atoms with E-state index in [2.05, 4.69) is 95.1 Å². The topological polar surface area (TPSA) is 8.81 Å². The molecule has 0 unspecified atom stereocenters. The molecule has 2 heteroatoms. The average Bonchev–Trinajstić information content (AvgIpc) is 3.17. The Kier molecular flexibility index (Phi) is 3.15. The van der Waals surface area contributed by atoms with Gasteiger partial charge in [-0.15, -0.1) is 0 Å². The predicted octanol–water partition coefficient (Wildman–Crippen LogP) is 3.88. The standard InChI is InChI=1S/C20H19N2/c1-21-18-13-7-8-14-19(18)22(15-16-9-5-6-10-16)20(21)17-11-3-2-4-12-17/h2-14,16H,15H2,1H3/q+1. The molecule has 0 saturated carbocycles. The van der Waals surface area contributed by atoms with E-state index in [1.807, 2.05) is 0 Å². The van der Waals surface area contributed by atoms with Crippen LogP contribution >= 0.6 is 0 Å². The minimum Gasteiger partial charge on any atom is -0.226 e. The third-order valence-electron chi connectivity index (χ3n) is 4.36. The van der Waals surface area contributed by atoms with Crippen molar-refractivity contribution in [3.05, 3.63) is 78.9 Å². The van der Waals surface area contributed by atoms with E-state index in [1.165, 1.54) is 22.4 Å². The number of benzene rings is 2. The lowest BCUT2D eigenvalue weighted by molar-refractivity contribution is -0.634. The summed E-state index contributed by atoms with van der Waals surface area (Å²) in [6, 6.07) is 19.3. The van der Waals surface area contributed by atoms with Crippen molar-refractivity contribution in [1.29, 1.82) is 0 Å². The van der Waals surface area contributed by atoms with Gasteiger partial charge in [-0.1, -0.05) is 54.6 Å². The van der Waals surface area contributed by atoms with Crippen LogP contribution in [-0.2, 0) is 13.6 Å². The Bertz CT molecular complexity index is 857. The Hall–Kier alpha value is -2.61. The van der Waals surface area contributed by atoms with Gasteiger partial charge in [-0.25, -0.2) is 9.13 Å². The molecule has 1 heterocycles. The fourth-order valence-electron chi connectivity index (χ4n) is 3.32. The van der Waals surface area contributed by atoms with Gasteiger partial charge >= 0.3 is 0 Å². The highest BCUT2D eigenvalue weighted by Gasteiger charge is 2.25. The molecule has 1 aliphatic carbocycles. The summed E-state index contributed by atoms with van der Waals surface area (Å²) in [5.41, 5.74) is 3.82. The molecule has 0 atom stereocenters. The van der Waals surface area contributed by atoms with Crippen LogP contribution in [0.3, 0.4) is 0 Å². The summed E-state index contributed by atoms with van der Waals surface area (Å²) in [5, 5.41) is 0. The first-order valence-corrected chi connectivity index (χ1v) is 7.72. The summed E-state index contributed by atoms with van der Waals surface area (Å²) in [6.45, 7) is 0.971. The lowest BCUT2D eigenvalue weighted by Gasteiger charge is -2.06. The van der Waals surface area contributed by atoms with Gasteiger partial charge in [0.15, 0.2) is 11.0 Å². The SMILES string of the molecule is C[n+]1c(-c2ccccc2)n(CC2C=CC=C2)c2ccccc21. The Labute approximate surface area is 130 Å². The summed E-state index contributed by atoms with van der Waals surface area (Å²) in [5.74, 6) is 1.73. The molecule has 22 heavy (non-hydrogen) atoms. The van der Waals surface area contributed by atoms with Crippen LogP contribution in [0, 0.1) is 5.92 Å². The van der Waals surface area contributed by atoms with Gasteiger partial charge in [0, 0.05) is 5.92 Å². The Balaban J connectivity index is 1.95. The van der Waals surface area contributed by atoms with Crippen molar-refractivity contribution in [2.24, 2.45) is 13.0 Å². The summed E-state index contributed by atoms with van der Waals surface area (Å²) >= 11 is 0.